The predicted octanol–water partition coefficient (Wildman–Crippen LogP) is 2.13. The number of carbonyl (C=O) groups is 3. The molecule has 2 aliphatic heterocycles. The summed E-state index contributed by atoms with van der Waals surface area (Å²) in [7, 11) is -3.21. The molecule has 3 heterocycles. The fourth-order valence-corrected chi connectivity index (χ4v) is 7.66. The van der Waals surface area contributed by atoms with Gasteiger partial charge < -0.3 is 15.0 Å². The molecule has 1 N–H and O–H groups in total. The van der Waals surface area contributed by atoms with Gasteiger partial charge in [-0.2, -0.15) is 0 Å². The Morgan fingerprint density at radius 3 is 2.70 bits per heavy atom. The first-order valence-electron chi connectivity index (χ1n) is 10.4. The van der Waals surface area contributed by atoms with Crippen LogP contribution in [-0.4, -0.2) is 56.0 Å². The van der Waals surface area contributed by atoms with Crippen molar-refractivity contribution in [3.63, 3.8) is 0 Å². The van der Waals surface area contributed by atoms with Crippen LogP contribution < -0.4 is 5.32 Å². The number of esters is 1. The molecule has 4 rings (SSSR count). The zero-order valence-corrected chi connectivity index (χ0v) is 18.6. The zero-order valence-electron chi connectivity index (χ0n) is 16.9. The lowest BCUT2D eigenvalue weighted by Gasteiger charge is -2.23. The van der Waals surface area contributed by atoms with Crippen LogP contribution in [0, 0.1) is 5.92 Å². The van der Waals surface area contributed by atoms with Crippen LogP contribution in [0.2, 0.25) is 0 Å². The Kier molecular flexibility index (Phi) is 5.89. The van der Waals surface area contributed by atoms with Gasteiger partial charge in [-0.1, -0.05) is 12.8 Å². The summed E-state index contributed by atoms with van der Waals surface area (Å²) in [6.45, 7) is 2.27. The van der Waals surface area contributed by atoms with Crippen LogP contribution in [0.3, 0.4) is 0 Å². The first-order valence-corrected chi connectivity index (χ1v) is 13.0. The van der Waals surface area contributed by atoms with E-state index in [-0.39, 0.29) is 54.4 Å². The molecule has 1 saturated carbocycles. The van der Waals surface area contributed by atoms with Crippen LogP contribution in [0.15, 0.2) is 0 Å². The van der Waals surface area contributed by atoms with E-state index in [1.165, 1.54) is 0 Å². The van der Waals surface area contributed by atoms with Crippen molar-refractivity contribution in [3.05, 3.63) is 16.0 Å². The highest BCUT2D eigenvalue weighted by Crippen LogP contribution is 2.39. The van der Waals surface area contributed by atoms with E-state index in [1.807, 2.05) is 4.90 Å². The molecule has 0 radical (unpaired) electrons. The van der Waals surface area contributed by atoms with E-state index in [4.69, 9.17) is 4.74 Å². The van der Waals surface area contributed by atoms with Crippen molar-refractivity contribution in [3.8, 4) is 0 Å². The van der Waals surface area contributed by atoms with Crippen molar-refractivity contribution < 1.29 is 27.5 Å². The molecule has 0 bridgehead atoms. The van der Waals surface area contributed by atoms with Crippen LogP contribution in [0.25, 0.3) is 0 Å². The molecule has 1 aromatic heterocycles. The number of amides is 2. The van der Waals surface area contributed by atoms with Crippen LogP contribution in [0.1, 0.15) is 59.8 Å². The van der Waals surface area contributed by atoms with Crippen LogP contribution in [-0.2, 0) is 36.3 Å². The third-order valence-corrected chi connectivity index (χ3v) is 9.00. The fourth-order valence-electron chi connectivity index (χ4n) is 4.62. The van der Waals surface area contributed by atoms with Crippen molar-refractivity contribution in [2.45, 2.75) is 57.2 Å². The lowest BCUT2D eigenvalue weighted by molar-refractivity contribution is -0.129. The number of anilines is 1. The van der Waals surface area contributed by atoms with Gasteiger partial charge in [0.1, 0.15) is 5.00 Å². The molecule has 0 spiro atoms. The van der Waals surface area contributed by atoms with E-state index in [2.05, 4.69) is 5.32 Å². The molecule has 1 aromatic rings. The van der Waals surface area contributed by atoms with Crippen molar-refractivity contribution in [2.24, 2.45) is 5.92 Å². The summed E-state index contributed by atoms with van der Waals surface area (Å²) in [4.78, 5) is 40.3. The van der Waals surface area contributed by atoms with Crippen molar-refractivity contribution in [1.82, 2.24) is 4.90 Å². The monoisotopic (exact) mass is 454 g/mol. The number of nitrogens with one attached hydrogen (secondary N) is 1. The molecule has 3 aliphatic rings. The summed E-state index contributed by atoms with van der Waals surface area (Å²) in [6.07, 6.45) is 4.58. The van der Waals surface area contributed by atoms with Crippen molar-refractivity contribution >= 4 is 44.0 Å². The second kappa shape index (κ2) is 8.30. The molecule has 0 aromatic carbocycles. The smallest absolute Gasteiger partial charge is 0.341 e. The number of hydrogen-bond acceptors (Lipinski definition) is 7. The first-order chi connectivity index (χ1) is 14.3. The molecule has 1 aliphatic carbocycles. The average Bonchev–Trinajstić information content (AvgIpc) is 3.38. The van der Waals surface area contributed by atoms with Crippen LogP contribution in [0.5, 0.6) is 0 Å². The molecule has 2 fully saturated rings. The quantitative estimate of drug-likeness (QED) is 0.683. The fraction of sp³-hybridized carbons (Fsp3) is 0.650. The standard InChI is InChI=1S/C20H26N2O6S2/c1-2-28-20(25)17-14-7-8-30(26,27)11-15(14)29-19(17)21-18(24)12-9-16(23)22(10-12)13-5-3-4-6-13/h12-13H,2-11H2,1H3,(H,21,24). The summed E-state index contributed by atoms with van der Waals surface area (Å²) in [5.41, 5.74) is 0.913. The van der Waals surface area contributed by atoms with Crippen LogP contribution >= 0.6 is 11.3 Å². The van der Waals surface area contributed by atoms with Gasteiger partial charge in [-0.15, -0.1) is 11.3 Å². The van der Waals surface area contributed by atoms with E-state index in [0.717, 1.165) is 37.0 Å². The second-order valence-electron chi connectivity index (χ2n) is 8.15. The number of carbonyl (C=O) groups excluding carboxylic acids is 3. The molecule has 1 saturated heterocycles. The molecular weight excluding hydrogens is 428 g/mol. The van der Waals surface area contributed by atoms with Gasteiger partial charge in [0.25, 0.3) is 0 Å². The molecule has 30 heavy (non-hydrogen) atoms. The average molecular weight is 455 g/mol. The molecule has 164 valence electrons. The van der Waals surface area contributed by atoms with E-state index >= 15 is 0 Å². The third kappa shape index (κ3) is 4.12. The molecule has 2 amide bonds. The SMILES string of the molecule is CCOC(=O)c1c(NC(=O)C2CC(=O)N(C3CCCC3)C2)sc2c1CCS(=O)(=O)C2. The van der Waals surface area contributed by atoms with Gasteiger partial charge >= 0.3 is 5.97 Å². The van der Waals surface area contributed by atoms with E-state index in [0.29, 0.717) is 22.0 Å². The molecule has 1 atom stereocenters. The normalized spacial score (nSPS) is 23.4. The summed E-state index contributed by atoms with van der Waals surface area (Å²) < 4.78 is 29.2. The van der Waals surface area contributed by atoms with Crippen LogP contribution in [0.4, 0.5) is 5.00 Å². The number of nitrogens with zero attached hydrogens (tertiary/aromatic N) is 1. The lowest BCUT2D eigenvalue weighted by Crippen LogP contribution is -2.35. The van der Waals surface area contributed by atoms with Crippen molar-refractivity contribution in [1.29, 1.82) is 0 Å². The maximum atomic E-state index is 12.9. The van der Waals surface area contributed by atoms with Gasteiger partial charge in [0, 0.05) is 23.9 Å². The third-order valence-electron chi connectivity index (χ3n) is 6.12. The minimum absolute atomic E-state index is 0.00392. The number of likely N-dealkylation sites (tertiary alicyclic amines) is 1. The summed E-state index contributed by atoms with van der Waals surface area (Å²) >= 11 is 1.12. The first kappa shape index (κ1) is 21.3. The number of thiophene rings is 1. The topological polar surface area (TPSA) is 110 Å². The second-order valence-corrected chi connectivity index (χ2v) is 11.4. The summed E-state index contributed by atoms with van der Waals surface area (Å²) in [5.74, 6) is -1.49. The Hall–Kier alpha value is -1.94. The van der Waals surface area contributed by atoms with E-state index in [1.54, 1.807) is 6.92 Å². The van der Waals surface area contributed by atoms with Gasteiger partial charge in [0.05, 0.1) is 29.6 Å². The Morgan fingerprint density at radius 1 is 1.27 bits per heavy atom. The number of sulfone groups is 1. The number of hydrogen-bond donors (Lipinski definition) is 1. The predicted molar refractivity (Wildman–Crippen MR) is 112 cm³/mol. The summed E-state index contributed by atoms with van der Waals surface area (Å²) in [6, 6.07) is 0.227. The number of ether oxygens (including phenoxy) is 1. The number of rotatable bonds is 5. The molecule has 1 unspecified atom stereocenters. The Labute approximate surface area is 179 Å². The molecular formula is C20H26N2O6S2. The van der Waals surface area contributed by atoms with Gasteiger partial charge in [0.2, 0.25) is 11.8 Å². The van der Waals surface area contributed by atoms with Gasteiger partial charge in [-0.3, -0.25) is 9.59 Å². The highest BCUT2D eigenvalue weighted by atomic mass is 32.2. The lowest BCUT2D eigenvalue weighted by atomic mass is 10.1. The minimum Gasteiger partial charge on any atom is -0.462 e. The zero-order chi connectivity index (χ0) is 21.5. The Balaban J connectivity index is 1.55. The maximum absolute atomic E-state index is 12.9. The highest BCUT2D eigenvalue weighted by molar-refractivity contribution is 7.90. The van der Waals surface area contributed by atoms with E-state index < -0.39 is 21.7 Å². The molecule has 8 nitrogen and oxygen atoms in total. The Bertz CT molecular complexity index is 978. The van der Waals surface area contributed by atoms with Gasteiger partial charge in [-0.05, 0) is 31.7 Å². The van der Waals surface area contributed by atoms with Gasteiger partial charge in [0.15, 0.2) is 9.84 Å². The van der Waals surface area contributed by atoms with Gasteiger partial charge in [-0.25, -0.2) is 13.2 Å². The van der Waals surface area contributed by atoms with E-state index in [9.17, 15) is 22.8 Å². The molecule has 10 heteroatoms. The van der Waals surface area contributed by atoms with Crippen molar-refractivity contribution in [2.75, 3.05) is 24.2 Å². The largest absolute Gasteiger partial charge is 0.462 e. The maximum Gasteiger partial charge on any atom is 0.341 e. The minimum atomic E-state index is -3.21. The highest BCUT2D eigenvalue weighted by Gasteiger charge is 2.39. The number of fused-ring (bicyclic) bond motifs is 1. The Morgan fingerprint density at radius 2 is 2.00 bits per heavy atom. The summed E-state index contributed by atoms with van der Waals surface area (Å²) in [5, 5.41) is 3.14.